The van der Waals surface area contributed by atoms with Crippen LogP contribution in [-0.2, 0) is 16.4 Å². The maximum absolute atomic E-state index is 11.4. The summed E-state index contributed by atoms with van der Waals surface area (Å²) < 4.78 is 34.1. The van der Waals surface area contributed by atoms with E-state index in [9.17, 15) is 8.42 Å². The Kier molecular flexibility index (Phi) is 5.43. The van der Waals surface area contributed by atoms with E-state index in [1.807, 2.05) is 19.1 Å². The molecule has 0 spiro atoms. The maximum Gasteiger partial charge on any atom is 0.175 e. The quantitative estimate of drug-likeness (QED) is 0.587. The number of furan rings is 1. The van der Waals surface area contributed by atoms with Crippen molar-refractivity contribution in [2.75, 3.05) is 19.4 Å². The fourth-order valence-corrected chi connectivity index (χ4v) is 3.10. The summed E-state index contributed by atoms with van der Waals surface area (Å²) in [7, 11) is -3.18. The normalized spacial score (nSPS) is 11.6. The van der Waals surface area contributed by atoms with Crippen molar-refractivity contribution in [2.24, 2.45) is 0 Å². The third kappa shape index (κ3) is 4.53. The van der Waals surface area contributed by atoms with Crippen molar-refractivity contribution >= 4 is 9.84 Å². The molecule has 26 heavy (non-hydrogen) atoms. The van der Waals surface area contributed by atoms with Crippen LogP contribution in [0, 0.1) is 6.92 Å². The molecule has 8 heteroatoms. The number of hydrogen-bond donors (Lipinski definition) is 2. The van der Waals surface area contributed by atoms with Crippen molar-refractivity contribution in [1.29, 1.82) is 0 Å². The summed E-state index contributed by atoms with van der Waals surface area (Å²) in [4.78, 5) is 0.281. The topological polar surface area (TPSA) is 97.2 Å². The van der Waals surface area contributed by atoms with Crippen molar-refractivity contribution in [1.82, 2.24) is 15.5 Å². The number of rotatable bonds is 8. The van der Waals surface area contributed by atoms with E-state index in [2.05, 4.69) is 15.5 Å². The first-order chi connectivity index (χ1) is 12.4. The Balaban J connectivity index is 1.46. The molecule has 7 nitrogen and oxygen atoms in total. The summed E-state index contributed by atoms with van der Waals surface area (Å²) in [6.07, 6.45) is 2.95. The first-order valence-electron chi connectivity index (χ1n) is 8.16. The van der Waals surface area contributed by atoms with Gasteiger partial charge in [0.2, 0.25) is 0 Å². The van der Waals surface area contributed by atoms with Gasteiger partial charge >= 0.3 is 0 Å². The van der Waals surface area contributed by atoms with Crippen molar-refractivity contribution in [2.45, 2.75) is 18.4 Å². The summed E-state index contributed by atoms with van der Waals surface area (Å²) in [5.41, 5.74) is 1.87. The minimum atomic E-state index is -3.18. The molecular weight excluding hydrogens is 354 g/mol. The van der Waals surface area contributed by atoms with Gasteiger partial charge in [-0.3, -0.25) is 5.10 Å². The molecule has 138 valence electrons. The monoisotopic (exact) mass is 375 g/mol. The van der Waals surface area contributed by atoms with Crippen LogP contribution in [0.4, 0.5) is 0 Å². The standard InChI is InChI=1S/C18H21N3O4S/c1-13-3-8-17(25-13)18-14(12-20-21-18)11-19-9-10-24-15-4-6-16(7-5-15)26(2,22)23/h3-8,12,19H,9-11H2,1-2H3,(H,20,21). The fourth-order valence-electron chi connectivity index (χ4n) is 2.47. The van der Waals surface area contributed by atoms with Gasteiger partial charge < -0.3 is 14.5 Å². The van der Waals surface area contributed by atoms with Crippen LogP contribution in [0.5, 0.6) is 5.75 Å². The van der Waals surface area contributed by atoms with Crippen molar-refractivity contribution in [3.8, 4) is 17.2 Å². The third-order valence-corrected chi connectivity index (χ3v) is 4.95. The molecule has 0 unspecified atom stereocenters. The number of benzene rings is 1. The van der Waals surface area contributed by atoms with Gasteiger partial charge in [0, 0.05) is 24.9 Å². The van der Waals surface area contributed by atoms with Gasteiger partial charge in [0.15, 0.2) is 15.6 Å². The number of aromatic nitrogens is 2. The number of aryl methyl sites for hydroxylation is 1. The minimum absolute atomic E-state index is 0.281. The van der Waals surface area contributed by atoms with E-state index in [4.69, 9.17) is 9.15 Å². The predicted octanol–water partition coefficient (Wildman–Crippen LogP) is 2.55. The van der Waals surface area contributed by atoms with Crippen LogP contribution < -0.4 is 10.1 Å². The summed E-state index contributed by atoms with van der Waals surface area (Å²) in [6, 6.07) is 10.2. The molecule has 0 aliphatic carbocycles. The lowest BCUT2D eigenvalue weighted by Gasteiger charge is -2.08. The number of sulfone groups is 1. The molecule has 0 atom stereocenters. The van der Waals surface area contributed by atoms with Crippen LogP contribution in [0.15, 0.2) is 51.9 Å². The predicted molar refractivity (Wildman–Crippen MR) is 97.8 cm³/mol. The molecule has 2 N–H and O–H groups in total. The number of nitrogens with zero attached hydrogens (tertiary/aromatic N) is 1. The van der Waals surface area contributed by atoms with Gasteiger partial charge in [-0.15, -0.1) is 0 Å². The Hall–Kier alpha value is -2.58. The van der Waals surface area contributed by atoms with Crippen LogP contribution in [0.2, 0.25) is 0 Å². The highest BCUT2D eigenvalue weighted by molar-refractivity contribution is 7.90. The van der Waals surface area contributed by atoms with E-state index in [0.717, 1.165) is 22.8 Å². The number of hydrogen-bond acceptors (Lipinski definition) is 6. The molecule has 0 radical (unpaired) electrons. The van der Waals surface area contributed by atoms with Crippen LogP contribution >= 0.6 is 0 Å². The largest absolute Gasteiger partial charge is 0.492 e. The van der Waals surface area contributed by atoms with Gasteiger partial charge in [0.1, 0.15) is 23.8 Å². The molecule has 0 aliphatic heterocycles. The SMILES string of the molecule is Cc1ccc(-c2[nH]ncc2CNCCOc2ccc(S(C)(=O)=O)cc2)o1. The van der Waals surface area contributed by atoms with Gasteiger partial charge in [0.25, 0.3) is 0 Å². The zero-order valence-corrected chi connectivity index (χ0v) is 15.5. The molecule has 3 rings (SSSR count). The molecule has 0 fully saturated rings. The van der Waals surface area contributed by atoms with E-state index in [0.29, 0.717) is 25.4 Å². The highest BCUT2D eigenvalue weighted by Gasteiger charge is 2.10. The third-order valence-electron chi connectivity index (χ3n) is 3.82. The van der Waals surface area contributed by atoms with E-state index >= 15 is 0 Å². The maximum atomic E-state index is 11.4. The zero-order valence-electron chi connectivity index (χ0n) is 14.7. The highest BCUT2D eigenvalue weighted by atomic mass is 32.2. The first kappa shape index (κ1) is 18.2. The lowest BCUT2D eigenvalue weighted by Crippen LogP contribution is -2.20. The zero-order chi connectivity index (χ0) is 18.6. The summed E-state index contributed by atoms with van der Waals surface area (Å²) in [6.45, 7) is 3.63. The lowest BCUT2D eigenvalue weighted by molar-refractivity contribution is 0.313. The van der Waals surface area contributed by atoms with Crippen molar-refractivity contribution in [3.63, 3.8) is 0 Å². The Morgan fingerprint density at radius 3 is 2.62 bits per heavy atom. The van der Waals surface area contributed by atoms with E-state index in [1.165, 1.54) is 6.26 Å². The van der Waals surface area contributed by atoms with Crippen LogP contribution in [0.3, 0.4) is 0 Å². The summed E-state index contributed by atoms with van der Waals surface area (Å²) >= 11 is 0. The first-order valence-corrected chi connectivity index (χ1v) is 10.1. The second-order valence-electron chi connectivity index (χ2n) is 5.95. The van der Waals surface area contributed by atoms with Gasteiger partial charge in [0.05, 0.1) is 11.1 Å². The number of aromatic amines is 1. The lowest BCUT2D eigenvalue weighted by atomic mass is 10.2. The Labute approximate surface area is 152 Å². The molecule has 0 saturated heterocycles. The molecule has 3 aromatic rings. The number of ether oxygens (including phenoxy) is 1. The molecule has 0 bridgehead atoms. The van der Waals surface area contributed by atoms with Gasteiger partial charge in [-0.05, 0) is 43.3 Å². The van der Waals surface area contributed by atoms with E-state index in [1.54, 1.807) is 30.5 Å². The van der Waals surface area contributed by atoms with Gasteiger partial charge in [-0.25, -0.2) is 8.42 Å². The molecule has 0 saturated carbocycles. The van der Waals surface area contributed by atoms with Gasteiger partial charge in [-0.1, -0.05) is 0 Å². The molecule has 0 aliphatic rings. The number of H-pyrrole nitrogens is 1. The second kappa shape index (κ2) is 7.76. The van der Waals surface area contributed by atoms with Crippen molar-refractivity contribution < 1.29 is 17.6 Å². The molecule has 2 aromatic heterocycles. The summed E-state index contributed by atoms with van der Waals surface area (Å²) in [5.74, 6) is 2.25. The Morgan fingerprint density at radius 1 is 1.19 bits per heavy atom. The number of nitrogens with one attached hydrogen (secondary N) is 2. The average molecular weight is 375 g/mol. The minimum Gasteiger partial charge on any atom is -0.492 e. The fraction of sp³-hybridized carbons (Fsp3) is 0.278. The molecular formula is C18H21N3O4S. The molecule has 1 aromatic carbocycles. The van der Waals surface area contributed by atoms with Crippen LogP contribution in [0.1, 0.15) is 11.3 Å². The van der Waals surface area contributed by atoms with Crippen LogP contribution in [0.25, 0.3) is 11.5 Å². The van der Waals surface area contributed by atoms with Crippen LogP contribution in [-0.4, -0.2) is 38.0 Å². The second-order valence-corrected chi connectivity index (χ2v) is 7.97. The Bertz CT molecular complexity index is 958. The summed E-state index contributed by atoms with van der Waals surface area (Å²) in [5, 5.41) is 10.3. The van der Waals surface area contributed by atoms with Gasteiger partial charge in [-0.2, -0.15) is 5.10 Å². The molecule has 2 heterocycles. The smallest absolute Gasteiger partial charge is 0.175 e. The highest BCUT2D eigenvalue weighted by Crippen LogP contribution is 2.23. The molecule has 0 amide bonds. The average Bonchev–Trinajstić information content (AvgIpc) is 3.23. The van der Waals surface area contributed by atoms with Crippen molar-refractivity contribution in [3.05, 3.63) is 53.9 Å². The Morgan fingerprint density at radius 2 is 1.96 bits per heavy atom. The van der Waals surface area contributed by atoms with E-state index < -0.39 is 9.84 Å². The van der Waals surface area contributed by atoms with E-state index in [-0.39, 0.29) is 4.90 Å².